The smallest absolute Gasteiger partial charge is 0.315 e. The van der Waals surface area contributed by atoms with E-state index in [1.807, 2.05) is 6.92 Å². The Bertz CT molecular complexity index is 178. The van der Waals surface area contributed by atoms with E-state index in [2.05, 4.69) is 22.9 Å². The van der Waals surface area contributed by atoms with Crippen LogP contribution in [0.25, 0.3) is 0 Å². The molecular weight excluding hydrogens is 178 g/mol. The van der Waals surface area contributed by atoms with Gasteiger partial charge in [-0.1, -0.05) is 6.92 Å². The SMILES string of the molecule is CCC(C)NC(=O)NC1CCNCC1. The highest BCUT2D eigenvalue weighted by Crippen LogP contribution is 2.01. The van der Waals surface area contributed by atoms with Gasteiger partial charge in [0.1, 0.15) is 0 Å². The van der Waals surface area contributed by atoms with Gasteiger partial charge < -0.3 is 16.0 Å². The van der Waals surface area contributed by atoms with Crippen molar-refractivity contribution in [3.63, 3.8) is 0 Å². The maximum absolute atomic E-state index is 11.4. The Morgan fingerprint density at radius 3 is 2.71 bits per heavy atom. The fourth-order valence-electron chi connectivity index (χ4n) is 1.52. The molecule has 4 nitrogen and oxygen atoms in total. The number of rotatable bonds is 3. The molecular formula is C10H21N3O. The lowest BCUT2D eigenvalue weighted by Crippen LogP contribution is -2.48. The minimum Gasteiger partial charge on any atom is -0.336 e. The van der Waals surface area contributed by atoms with Gasteiger partial charge in [-0.3, -0.25) is 0 Å². The molecule has 4 heteroatoms. The Morgan fingerprint density at radius 1 is 1.50 bits per heavy atom. The number of piperidine rings is 1. The first-order chi connectivity index (χ1) is 6.72. The summed E-state index contributed by atoms with van der Waals surface area (Å²) in [5.41, 5.74) is 0. The third-order valence-electron chi connectivity index (χ3n) is 2.66. The molecule has 1 heterocycles. The average molecular weight is 199 g/mol. The zero-order valence-electron chi connectivity index (χ0n) is 9.10. The van der Waals surface area contributed by atoms with Crippen molar-refractivity contribution in [2.24, 2.45) is 0 Å². The van der Waals surface area contributed by atoms with E-state index in [0.29, 0.717) is 6.04 Å². The highest BCUT2D eigenvalue weighted by atomic mass is 16.2. The van der Waals surface area contributed by atoms with Crippen LogP contribution in [0.2, 0.25) is 0 Å². The lowest BCUT2D eigenvalue weighted by Gasteiger charge is -2.24. The predicted molar refractivity (Wildman–Crippen MR) is 57.3 cm³/mol. The second kappa shape index (κ2) is 5.86. The first-order valence-corrected chi connectivity index (χ1v) is 5.50. The third-order valence-corrected chi connectivity index (χ3v) is 2.66. The minimum absolute atomic E-state index is 0.0220. The highest BCUT2D eigenvalue weighted by molar-refractivity contribution is 5.74. The molecule has 0 bridgehead atoms. The molecule has 0 spiro atoms. The maximum atomic E-state index is 11.4. The van der Waals surface area contributed by atoms with Crippen molar-refractivity contribution in [2.75, 3.05) is 13.1 Å². The molecule has 0 aliphatic carbocycles. The molecule has 1 rings (SSSR count). The van der Waals surface area contributed by atoms with Gasteiger partial charge in [-0.05, 0) is 39.3 Å². The van der Waals surface area contributed by atoms with Crippen molar-refractivity contribution in [2.45, 2.75) is 45.2 Å². The number of carbonyl (C=O) groups is 1. The fraction of sp³-hybridized carbons (Fsp3) is 0.900. The highest BCUT2D eigenvalue weighted by Gasteiger charge is 2.15. The summed E-state index contributed by atoms with van der Waals surface area (Å²) in [5, 5.41) is 9.17. The number of carbonyl (C=O) groups excluding carboxylic acids is 1. The summed E-state index contributed by atoms with van der Waals surface area (Å²) in [6.45, 7) is 6.10. The van der Waals surface area contributed by atoms with Crippen molar-refractivity contribution < 1.29 is 4.79 Å². The van der Waals surface area contributed by atoms with Gasteiger partial charge in [-0.25, -0.2) is 4.79 Å². The van der Waals surface area contributed by atoms with Gasteiger partial charge in [0.05, 0.1) is 0 Å². The molecule has 3 N–H and O–H groups in total. The monoisotopic (exact) mass is 199 g/mol. The molecule has 1 atom stereocenters. The predicted octanol–water partition coefficient (Wildman–Crippen LogP) is 0.836. The second-order valence-electron chi connectivity index (χ2n) is 3.95. The third kappa shape index (κ3) is 3.96. The average Bonchev–Trinajstić information content (AvgIpc) is 2.19. The Labute approximate surface area is 85.8 Å². The van der Waals surface area contributed by atoms with Gasteiger partial charge in [0.15, 0.2) is 0 Å². The van der Waals surface area contributed by atoms with E-state index in [-0.39, 0.29) is 12.1 Å². The van der Waals surface area contributed by atoms with Crippen LogP contribution in [0.3, 0.4) is 0 Å². The molecule has 1 unspecified atom stereocenters. The van der Waals surface area contributed by atoms with E-state index in [4.69, 9.17) is 0 Å². The fourth-order valence-corrected chi connectivity index (χ4v) is 1.52. The van der Waals surface area contributed by atoms with Gasteiger partial charge >= 0.3 is 6.03 Å². The topological polar surface area (TPSA) is 53.2 Å². The van der Waals surface area contributed by atoms with Crippen molar-refractivity contribution >= 4 is 6.03 Å². The zero-order chi connectivity index (χ0) is 10.4. The molecule has 1 aliphatic heterocycles. The van der Waals surface area contributed by atoms with Crippen LogP contribution in [0.5, 0.6) is 0 Å². The Balaban J connectivity index is 2.18. The first kappa shape index (κ1) is 11.3. The van der Waals surface area contributed by atoms with Crippen LogP contribution >= 0.6 is 0 Å². The summed E-state index contributed by atoms with van der Waals surface area (Å²) in [7, 11) is 0. The number of hydrogen-bond acceptors (Lipinski definition) is 2. The Kier molecular flexibility index (Phi) is 4.73. The number of hydrogen-bond donors (Lipinski definition) is 3. The molecule has 1 saturated heterocycles. The van der Waals surface area contributed by atoms with Crippen molar-refractivity contribution in [1.82, 2.24) is 16.0 Å². The largest absolute Gasteiger partial charge is 0.336 e. The van der Waals surface area contributed by atoms with Crippen molar-refractivity contribution in [3.05, 3.63) is 0 Å². The molecule has 0 aromatic heterocycles. The van der Waals surface area contributed by atoms with E-state index >= 15 is 0 Å². The summed E-state index contributed by atoms with van der Waals surface area (Å²) in [4.78, 5) is 11.4. The first-order valence-electron chi connectivity index (χ1n) is 5.50. The van der Waals surface area contributed by atoms with Gasteiger partial charge in [0.2, 0.25) is 0 Å². The Hall–Kier alpha value is -0.770. The van der Waals surface area contributed by atoms with E-state index in [9.17, 15) is 4.79 Å². The molecule has 0 radical (unpaired) electrons. The van der Waals surface area contributed by atoms with Crippen LogP contribution in [0.4, 0.5) is 4.79 Å². The Morgan fingerprint density at radius 2 is 2.14 bits per heavy atom. The normalized spacial score (nSPS) is 20.1. The molecule has 82 valence electrons. The maximum Gasteiger partial charge on any atom is 0.315 e. The van der Waals surface area contributed by atoms with Gasteiger partial charge in [0, 0.05) is 12.1 Å². The quantitative estimate of drug-likeness (QED) is 0.631. The summed E-state index contributed by atoms with van der Waals surface area (Å²) in [5.74, 6) is 0. The molecule has 1 aliphatic rings. The van der Waals surface area contributed by atoms with Crippen molar-refractivity contribution in [3.8, 4) is 0 Å². The van der Waals surface area contributed by atoms with E-state index in [1.165, 1.54) is 0 Å². The zero-order valence-corrected chi connectivity index (χ0v) is 9.10. The minimum atomic E-state index is -0.0220. The van der Waals surface area contributed by atoms with Crippen molar-refractivity contribution in [1.29, 1.82) is 0 Å². The van der Waals surface area contributed by atoms with E-state index < -0.39 is 0 Å². The summed E-state index contributed by atoms with van der Waals surface area (Å²) in [6, 6.07) is 0.586. The summed E-state index contributed by atoms with van der Waals surface area (Å²) >= 11 is 0. The molecule has 0 aromatic carbocycles. The lowest BCUT2D eigenvalue weighted by molar-refractivity contribution is 0.230. The number of nitrogens with one attached hydrogen (secondary N) is 3. The van der Waals surface area contributed by atoms with Crippen LogP contribution in [-0.4, -0.2) is 31.2 Å². The van der Waals surface area contributed by atoms with Gasteiger partial charge in [-0.2, -0.15) is 0 Å². The molecule has 1 fully saturated rings. The van der Waals surface area contributed by atoms with Crippen LogP contribution < -0.4 is 16.0 Å². The lowest BCUT2D eigenvalue weighted by atomic mass is 10.1. The van der Waals surface area contributed by atoms with Crippen LogP contribution in [0.1, 0.15) is 33.1 Å². The van der Waals surface area contributed by atoms with Gasteiger partial charge in [-0.15, -0.1) is 0 Å². The second-order valence-corrected chi connectivity index (χ2v) is 3.95. The molecule has 14 heavy (non-hydrogen) atoms. The molecule has 0 aromatic rings. The van der Waals surface area contributed by atoms with E-state index in [0.717, 1.165) is 32.4 Å². The van der Waals surface area contributed by atoms with Crippen LogP contribution in [0, 0.1) is 0 Å². The molecule has 0 saturated carbocycles. The molecule has 2 amide bonds. The summed E-state index contributed by atoms with van der Waals surface area (Å²) in [6.07, 6.45) is 3.04. The summed E-state index contributed by atoms with van der Waals surface area (Å²) < 4.78 is 0. The van der Waals surface area contributed by atoms with E-state index in [1.54, 1.807) is 0 Å². The van der Waals surface area contributed by atoms with Crippen LogP contribution in [0.15, 0.2) is 0 Å². The number of urea groups is 1. The number of amides is 2. The van der Waals surface area contributed by atoms with Gasteiger partial charge in [0.25, 0.3) is 0 Å². The standard InChI is InChI=1S/C10H21N3O/c1-3-8(2)12-10(14)13-9-4-6-11-7-5-9/h8-9,11H,3-7H2,1-2H3,(H2,12,13,14). The van der Waals surface area contributed by atoms with Crippen LogP contribution in [-0.2, 0) is 0 Å².